The van der Waals surface area contributed by atoms with Gasteiger partial charge in [0.1, 0.15) is 23.3 Å². The summed E-state index contributed by atoms with van der Waals surface area (Å²) in [5, 5.41) is 3.24. The van der Waals surface area contributed by atoms with Gasteiger partial charge in [-0.25, -0.2) is 0 Å². The molecule has 88 valence electrons. The predicted molar refractivity (Wildman–Crippen MR) is 63.2 cm³/mol. The van der Waals surface area contributed by atoms with Gasteiger partial charge in [-0.05, 0) is 38.1 Å². The molecule has 0 aromatic carbocycles. The van der Waals surface area contributed by atoms with Gasteiger partial charge in [0.25, 0.3) is 0 Å². The van der Waals surface area contributed by atoms with E-state index in [0.29, 0.717) is 0 Å². The zero-order valence-electron chi connectivity index (χ0n) is 9.95. The van der Waals surface area contributed by atoms with E-state index in [4.69, 9.17) is 9.15 Å². The molecule has 0 fully saturated rings. The van der Waals surface area contributed by atoms with E-state index >= 15 is 0 Å². The molecule has 1 unspecified atom stereocenters. The van der Waals surface area contributed by atoms with Crippen LogP contribution in [0.3, 0.4) is 0 Å². The highest BCUT2D eigenvalue weighted by atomic mass is 16.5. The van der Waals surface area contributed by atoms with Crippen molar-refractivity contribution in [2.24, 2.45) is 0 Å². The highest BCUT2D eigenvalue weighted by molar-refractivity contribution is 5.19. The van der Waals surface area contributed by atoms with E-state index in [9.17, 15) is 0 Å². The summed E-state index contributed by atoms with van der Waals surface area (Å²) in [6.07, 6.45) is 5.28. The normalized spacial score (nSPS) is 17.8. The molecule has 2 heterocycles. The number of hydrogen-bond donors (Lipinski definition) is 1. The highest BCUT2D eigenvalue weighted by Gasteiger charge is 2.21. The standard InChI is InChI=1S/C13H19NO2/c1-3-10-7-8-12(16-10)13(14-2)11-6-4-5-9-15-11/h6-8,13-14H,3-5,9H2,1-2H3. The van der Waals surface area contributed by atoms with Crippen LogP contribution in [-0.4, -0.2) is 13.7 Å². The fraction of sp³-hybridized carbons (Fsp3) is 0.538. The minimum Gasteiger partial charge on any atom is -0.496 e. The number of likely N-dealkylation sites (N-methyl/N-ethyl adjacent to an activating group) is 1. The number of allylic oxidation sites excluding steroid dienone is 1. The van der Waals surface area contributed by atoms with E-state index < -0.39 is 0 Å². The Morgan fingerprint density at radius 2 is 2.31 bits per heavy atom. The van der Waals surface area contributed by atoms with Gasteiger partial charge in [-0.1, -0.05) is 6.92 Å². The number of hydrogen-bond acceptors (Lipinski definition) is 3. The molecule has 0 bridgehead atoms. The van der Waals surface area contributed by atoms with E-state index in [1.165, 1.54) is 0 Å². The van der Waals surface area contributed by atoms with E-state index in [1.54, 1.807) is 0 Å². The molecule has 0 spiro atoms. The van der Waals surface area contributed by atoms with Gasteiger partial charge in [0.15, 0.2) is 0 Å². The first-order chi connectivity index (χ1) is 7.85. The molecule has 1 N–H and O–H groups in total. The van der Waals surface area contributed by atoms with Crippen LogP contribution in [0.4, 0.5) is 0 Å². The molecule has 3 nitrogen and oxygen atoms in total. The summed E-state index contributed by atoms with van der Waals surface area (Å²) in [5.74, 6) is 2.95. The number of ether oxygens (including phenoxy) is 1. The van der Waals surface area contributed by atoms with Gasteiger partial charge in [0.05, 0.1) is 6.61 Å². The van der Waals surface area contributed by atoms with Gasteiger partial charge < -0.3 is 14.5 Å². The molecular formula is C13H19NO2. The zero-order chi connectivity index (χ0) is 11.4. The molecule has 3 heteroatoms. The maximum atomic E-state index is 5.76. The smallest absolute Gasteiger partial charge is 0.128 e. The molecule has 0 amide bonds. The molecule has 0 aliphatic carbocycles. The Labute approximate surface area is 96.5 Å². The second kappa shape index (κ2) is 5.21. The zero-order valence-corrected chi connectivity index (χ0v) is 9.95. The average Bonchev–Trinajstić information content (AvgIpc) is 2.80. The Hall–Kier alpha value is -1.22. The summed E-state index contributed by atoms with van der Waals surface area (Å²) in [6.45, 7) is 2.90. The molecule has 16 heavy (non-hydrogen) atoms. The van der Waals surface area contributed by atoms with Crippen LogP contribution in [0, 0.1) is 0 Å². The summed E-state index contributed by atoms with van der Waals surface area (Å²) in [7, 11) is 1.93. The Morgan fingerprint density at radius 1 is 1.44 bits per heavy atom. The van der Waals surface area contributed by atoms with Gasteiger partial charge in [0.2, 0.25) is 0 Å². The molecule has 1 aliphatic rings. The minimum atomic E-state index is 0.0561. The van der Waals surface area contributed by atoms with Crippen molar-refractivity contribution in [2.75, 3.05) is 13.7 Å². The van der Waals surface area contributed by atoms with Gasteiger partial charge in [-0.3, -0.25) is 0 Å². The summed E-state index contributed by atoms with van der Waals surface area (Å²) in [4.78, 5) is 0. The molecule has 2 rings (SSSR count). The van der Waals surface area contributed by atoms with Crippen LogP contribution in [0.15, 0.2) is 28.4 Å². The summed E-state index contributed by atoms with van der Waals surface area (Å²) < 4.78 is 11.4. The topological polar surface area (TPSA) is 34.4 Å². The van der Waals surface area contributed by atoms with Crippen molar-refractivity contribution < 1.29 is 9.15 Å². The third-order valence-electron chi connectivity index (χ3n) is 2.85. The first kappa shape index (κ1) is 11.3. The summed E-state index contributed by atoms with van der Waals surface area (Å²) in [6, 6.07) is 4.11. The van der Waals surface area contributed by atoms with Crippen LogP contribution in [0.25, 0.3) is 0 Å². The maximum absolute atomic E-state index is 5.76. The lowest BCUT2D eigenvalue weighted by molar-refractivity contribution is 0.163. The van der Waals surface area contributed by atoms with Crippen LogP contribution < -0.4 is 5.32 Å². The van der Waals surface area contributed by atoms with Crippen LogP contribution in [-0.2, 0) is 11.2 Å². The van der Waals surface area contributed by atoms with E-state index in [1.807, 2.05) is 19.2 Å². The van der Waals surface area contributed by atoms with Crippen molar-refractivity contribution in [3.05, 3.63) is 35.5 Å². The van der Waals surface area contributed by atoms with Crippen molar-refractivity contribution in [3.8, 4) is 0 Å². The third-order valence-corrected chi connectivity index (χ3v) is 2.85. The predicted octanol–water partition coefficient (Wildman–Crippen LogP) is 2.80. The molecule has 0 saturated heterocycles. The van der Waals surface area contributed by atoms with Crippen LogP contribution in [0.5, 0.6) is 0 Å². The van der Waals surface area contributed by atoms with Crippen LogP contribution in [0.1, 0.15) is 37.3 Å². The Balaban J connectivity index is 2.17. The van der Waals surface area contributed by atoms with Gasteiger partial charge >= 0.3 is 0 Å². The van der Waals surface area contributed by atoms with Crippen molar-refractivity contribution in [1.82, 2.24) is 5.32 Å². The lowest BCUT2D eigenvalue weighted by atomic mass is 10.1. The Bertz CT molecular complexity index is 368. The quantitative estimate of drug-likeness (QED) is 0.849. The largest absolute Gasteiger partial charge is 0.496 e. The van der Waals surface area contributed by atoms with Crippen LogP contribution in [0.2, 0.25) is 0 Å². The van der Waals surface area contributed by atoms with E-state index in [2.05, 4.69) is 18.3 Å². The lowest BCUT2D eigenvalue weighted by Gasteiger charge is -2.21. The van der Waals surface area contributed by atoms with Crippen molar-refractivity contribution in [1.29, 1.82) is 0 Å². The molecule has 0 radical (unpaired) electrons. The molecule has 1 atom stereocenters. The van der Waals surface area contributed by atoms with Crippen molar-refractivity contribution in [2.45, 2.75) is 32.2 Å². The minimum absolute atomic E-state index is 0.0561. The fourth-order valence-electron chi connectivity index (χ4n) is 1.94. The second-order valence-electron chi connectivity index (χ2n) is 3.98. The number of rotatable bonds is 4. The number of aryl methyl sites for hydroxylation is 1. The Morgan fingerprint density at radius 3 is 2.88 bits per heavy atom. The first-order valence-corrected chi connectivity index (χ1v) is 5.94. The molecular weight excluding hydrogens is 202 g/mol. The van der Waals surface area contributed by atoms with Crippen molar-refractivity contribution in [3.63, 3.8) is 0 Å². The average molecular weight is 221 g/mol. The van der Waals surface area contributed by atoms with Crippen LogP contribution >= 0.6 is 0 Å². The van der Waals surface area contributed by atoms with E-state index in [0.717, 1.165) is 43.1 Å². The summed E-state index contributed by atoms with van der Waals surface area (Å²) >= 11 is 0. The van der Waals surface area contributed by atoms with Crippen molar-refractivity contribution >= 4 is 0 Å². The SMILES string of the molecule is CCc1ccc(C(NC)C2=CCCCO2)o1. The molecule has 1 aromatic heterocycles. The summed E-state index contributed by atoms with van der Waals surface area (Å²) in [5.41, 5.74) is 0. The number of nitrogens with one attached hydrogen (secondary N) is 1. The molecule has 0 saturated carbocycles. The highest BCUT2D eigenvalue weighted by Crippen LogP contribution is 2.27. The van der Waals surface area contributed by atoms with E-state index in [-0.39, 0.29) is 6.04 Å². The second-order valence-corrected chi connectivity index (χ2v) is 3.98. The fourth-order valence-corrected chi connectivity index (χ4v) is 1.94. The number of furan rings is 1. The molecule has 1 aliphatic heterocycles. The van der Waals surface area contributed by atoms with Gasteiger partial charge in [0, 0.05) is 6.42 Å². The monoisotopic (exact) mass is 221 g/mol. The molecule has 1 aromatic rings. The Kier molecular flexibility index (Phi) is 3.67. The first-order valence-electron chi connectivity index (χ1n) is 5.94. The lowest BCUT2D eigenvalue weighted by Crippen LogP contribution is -2.21. The van der Waals surface area contributed by atoms with Gasteiger partial charge in [-0.15, -0.1) is 0 Å². The van der Waals surface area contributed by atoms with Gasteiger partial charge in [-0.2, -0.15) is 0 Å². The maximum Gasteiger partial charge on any atom is 0.128 e. The third kappa shape index (κ3) is 2.30.